The van der Waals surface area contributed by atoms with Gasteiger partial charge in [0.15, 0.2) is 0 Å². The van der Waals surface area contributed by atoms with Crippen molar-refractivity contribution < 1.29 is 0 Å². The maximum Gasteiger partial charge on any atom is 0.148 e. The molecule has 100 valence electrons. The van der Waals surface area contributed by atoms with E-state index in [1.807, 2.05) is 42.5 Å². The first-order chi connectivity index (χ1) is 10.2. The molecule has 0 aliphatic rings. The average molecular weight is 290 g/mol. The van der Waals surface area contributed by atoms with E-state index in [9.17, 15) is 5.26 Å². The number of nitriles is 3. The third-order valence-electron chi connectivity index (χ3n) is 2.87. The van der Waals surface area contributed by atoms with Crippen molar-refractivity contribution in [3.05, 3.63) is 46.8 Å². The normalized spacial score (nSPS) is 9.05. The van der Waals surface area contributed by atoms with Gasteiger partial charge in [-0.2, -0.15) is 15.8 Å². The van der Waals surface area contributed by atoms with E-state index in [2.05, 4.69) is 5.32 Å². The summed E-state index contributed by atoms with van der Waals surface area (Å²) in [7, 11) is 1.74. The minimum atomic E-state index is -0.171. The van der Waals surface area contributed by atoms with Gasteiger partial charge in [0, 0.05) is 11.9 Å². The van der Waals surface area contributed by atoms with E-state index >= 15 is 0 Å². The predicted molar refractivity (Wildman–Crippen MR) is 83.1 cm³/mol. The third kappa shape index (κ3) is 2.77. The van der Waals surface area contributed by atoms with Gasteiger partial charge in [0.1, 0.15) is 23.8 Å². The minimum absolute atomic E-state index is 0.108. The van der Waals surface area contributed by atoms with Crippen molar-refractivity contribution in [2.75, 3.05) is 12.4 Å². The molecule has 1 aromatic heterocycles. The second kappa shape index (κ2) is 6.39. The fourth-order valence-corrected chi connectivity index (χ4v) is 3.04. The molecule has 1 aromatic carbocycles. The largest absolute Gasteiger partial charge is 0.387 e. The lowest BCUT2D eigenvalue weighted by atomic mass is 10.1. The van der Waals surface area contributed by atoms with Crippen LogP contribution in [0.4, 0.5) is 5.69 Å². The van der Waals surface area contributed by atoms with Gasteiger partial charge in [0.2, 0.25) is 0 Å². The highest BCUT2D eigenvalue weighted by Crippen LogP contribution is 2.39. The van der Waals surface area contributed by atoms with Gasteiger partial charge in [-0.25, -0.2) is 0 Å². The van der Waals surface area contributed by atoms with E-state index < -0.39 is 0 Å². The summed E-state index contributed by atoms with van der Waals surface area (Å²) in [6, 6.07) is 17.2. The molecule has 0 unspecified atom stereocenters. The molecule has 0 bridgehead atoms. The summed E-state index contributed by atoms with van der Waals surface area (Å²) in [6.07, 6.45) is 0. The van der Waals surface area contributed by atoms with Crippen molar-refractivity contribution in [2.24, 2.45) is 0 Å². The Morgan fingerprint density at radius 3 is 2.24 bits per heavy atom. The van der Waals surface area contributed by atoms with Crippen LogP contribution in [0.25, 0.3) is 16.0 Å². The number of anilines is 1. The van der Waals surface area contributed by atoms with Crippen LogP contribution in [0.3, 0.4) is 0 Å². The van der Waals surface area contributed by atoms with Crippen LogP contribution in [-0.2, 0) is 0 Å². The van der Waals surface area contributed by atoms with Crippen molar-refractivity contribution in [1.29, 1.82) is 15.8 Å². The molecule has 0 aliphatic carbocycles. The summed E-state index contributed by atoms with van der Waals surface area (Å²) in [4.78, 5) is 1.58. The van der Waals surface area contributed by atoms with E-state index in [1.165, 1.54) is 11.3 Å². The molecule has 0 amide bonds. The molecule has 0 saturated heterocycles. The number of hydrogen-bond donors (Lipinski definition) is 1. The highest BCUT2D eigenvalue weighted by Gasteiger charge is 2.17. The molecule has 2 rings (SSSR count). The standard InChI is InChI=1S/C16H10N4S/c1-20-14-7-15(11-5-3-2-4-6-11)21-16(14)13(10-19)12(8-17)9-18/h2-7,20H,1H3. The van der Waals surface area contributed by atoms with E-state index in [-0.39, 0.29) is 11.1 Å². The van der Waals surface area contributed by atoms with Crippen LogP contribution < -0.4 is 5.32 Å². The molecule has 0 radical (unpaired) electrons. The van der Waals surface area contributed by atoms with Crippen LogP contribution in [-0.4, -0.2) is 7.05 Å². The fourth-order valence-electron chi connectivity index (χ4n) is 1.86. The van der Waals surface area contributed by atoms with E-state index in [0.717, 1.165) is 16.1 Å². The molecule has 2 aromatic rings. The van der Waals surface area contributed by atoms with E-state index in [0.29, 0.717) is 4.88 Å². The van der Waals surface area contributed by atoms with Crippen LogP contribution in [0, 0.1) is 34.0 Å². The Morgan fingerprint density at radius 2 is 1.71 bits per heavy atom. The summed E-state index contributed by atoms with van der Waals surface area (Å²) in [5.74, 6) is 0. The summed E-state index contributed by atoms with van der Waals surface area (Å²) in [5.41, 5.74) is 1.70. The lowest BCUT2D eigenvalue weighted by Gasteiger charge is -2.00. The van der Waals surface area contributed by atoms with E-state index in [1.54, 1.807) is 19.2 Å². The zero-order chi connectivity index (χ0) is 15.2. The fraction of sp³-hybridized carbons (Fsp3) is 0.0625. The summed E-state index contributed by atoms with van der Waals surface area (Å²) >= 11 is 1.38. The molecule has 1 N–H and O–H groups in total. The van der Waals surface area contributed by atoms with Crippen LogP contribution in [0.5, 0.6) is 0 Å². The van der Waals surface area contributed by atoms with Crippen molar-refractivity contribution in [2.45, 2.75) is 0 Å². The van der Waals surface area contributed by atoms with Gasteiger partial charge in [0.05, 0.1) is 16.1 Å². The second-order valence-electron chi connectivity index (χ2n) is 4.05. The Bertz CT molecular complexity index is 795. The highest BCUT2D eigenvalue weighted by atomic mass is 32.1. The van der Waals surface area contributed by atoms with E-state index in [4.69, 9.17) is 10.5 Å². The van der Waals surface area contributed by atoms with Crippen LogP contribution in [0.2, 0.25) is 0 Å². The molecule has 0 fully saturated rings. The second-order valence-corrected chi connectivity index (χ2v) is 5.11. The average Bonchev–Trinajstić information content (AvgIpc) is 2.97. The van der Waals surface area contributed by atoms with Crippen molar-refractivity contribution in [1.82, 2.24) is 0 Å². The van der Waals surface area contributed by atoms with Gasteiger partial charge in [-0.3, -0.25) is 0 Å². The number of allylic oxidation sites excluding steroid dienone is 2. The SMILES string of the molecule is CNc1cc(-c2ccccc2)sc1C(C#N)=C(C#N)C#N. The molecule has 1 heterocycles. The first kappa shape index (κ1) is 14.3. The number of benzene rings is 1. The Morgan fingerprint density at radius 1 is 1.05 bits per heavy atom. The van der Waals surface area contributed by atoms with Crippen LogP contribution in [0.15, 0.2) is 42.0 Å². The number of hydrogen-bond acceptors (Lipinski definition) is 5. The molecular weight excluding hydrogens is 280 g/mol. The molecule has 5 heteroatoms. The highest BCUT2D eigenvalue weighted by molar-refractivity contribution is 7.17. The Labute approximate surface area is 126 Å². The first-order valence-corrected chi connectivity index (χ1v) is 6.88. The summed E-state index contributed by atoms with van der Waals surface area (Å²) < 4.78 is 0. The zero-order valence-corrected chi connectivity index (χ0v) is 12.0. The topological polar surface area (TPSA) is 83.4 Å². The Balaban J connectivity index is 2.65. The summed E-state index contributed by atoms with van der Waals surface area (Å²) in [5, 5.41) is 30.2. The van der Waals surface area contributed by atoms with Crippen LogP contribution >= 0.6 is 11.3 Å². The quantitative estimate of drug-likeness (QED) is 0.872. The molecule has 21 heavy (non-hydrogen) atoms. The molecule has 0 saturated carbocycles. The van der Waals surface area contributed by atoms with Crippen molar-refractivity contribution in [3.63, 3.8) is 0 Å². The molecule has 0 spiro atoms. The number of thiophene rings is 1. The maximum absolute atomic E-state index is 9.28. The lowest BCUT2D eigenvalue weighted by molar-refractivity contribution is 1.45. The molecule has 4 nitrogen and oxygen atoms in total. The first-order valence-electron chi connectivity index (χ1n) is 6.07. The molecular formula is C16H10N4S. The number of nitrogens with one attached hydrogen (secondary N) is 1. The van der Waals surface area contributed by atoms with Gasteiger partial charge in [-0.1, -0.05) is 30.3 Å². The minimum Gasteiger partial charge on any atom is -0.387 e. The van der Waals surface area contributed by atoms with Gasteiger partial charge >= 0.3 is 0 Å². The summed E-state index contributed by atoms with van der Waals surface area (Å²) in [6.45, 7) is 0. The molecule has 0 aliphatic heterocycles. The molecule has 0 atom stereocenters. The van der Waals surface area contributed by atoms with Crippen molar-refractivity contribution >= 4 is 22.6 Å². The monoisotopic (exact) mass is 290 g/mol. The van der Waals surface area contributed by atoms with Gasteiger partial charge < -0.3 is 5.32 Å². The Hall–Kier alpha value is -3.07. The Kier molecular flexibility index (Phi) is 4.36. The van der Waals surface area contributed by atoms with Crippen molar-refractivity contribution in [3.8, 4) is 28.6 Å². The number of rotatable bonds is 3. The maximum atomic E-state index is 9.28. The third-order valence-corrected chi connectivity index (χ3v) is 4.07. The van der Waals surface area contributed by atoms with Gasteiger partial charge in [0.25, 0.3) is 0 Å². The number of nitrogens with zero attached hydrogens (tertiary/aromatic N) is 3. The van der Waals surface area contributed by atoms with Gasteiger partial charge in [-0.05, 0) is 11.6 Å². The zero-order valence-electron chi connectivity index (χ0n) is 11.2. The van der Waals surface area contributed by atoms with Crippen LogP contribution in [0.1, 0.15) is 4.88 Å². The smallest absolute Gasteiger partial charge is 0.148 e. The lowest BCUT2D eigenvalue weighted by Crippen LogP contribution is -1.91. The van der Waals surface area contributed by atoms with Gasteiger partial charge in [-0.15, -0.1) is 11.3 Å². The predicted octanol–water partition coefficient (Wildman–Crippen LogP) is 3.78.